The smallest absolute Gasteiger partial charge is 0.275 e. The van der Waals surface area contributed by atoms with Crippen LogP contribution < -0.4 is 10.1 Å². The molecule has 0 atom stereocenters. The molecule has 6 heteroatoms. The number of thiazole rings is 1. The van der Waals surface area contributed by atoms with Gasteiger partial charge in [-0.1, -0.05) is 6.07 Å². The number of rotatable bonds is 4. The van der Waals surface area contributed by atoms with Gasteiger partial charge in [-0.05, 0) is 36.8 Å². The number of amides is 1. The fraction of sp³-hybridized carbons (Fsp3) is 0.125. The van der Waals surface area contributed by atoms with E-state index in [-0.39, 0.29) is 5.91 Å². The molecule has 0 fully saturated rings. The van der Waals surface area contributed by atoms with Crippen molar-refractivity contribution in [3.05, 3.63) is 53.2 Å². The first-order valence-electron chi connectivity index (χ1n) is 6.63. The molecule has 0 bridgehead atoms. The summed E-state index contributed by atoms with van der Waals surface area (Å²) in [5.41, 5.74) is 2.01. The summed E-state index contributed by atoms with van der Waals surface area (Å²) in [6.07, 6.45) is 1.58. The summed E-state index contributed by atoms with van der Waals surface area (Å²) in [5.74, 6) is 0.982. The van der Waals surface area contributed by atoms with Crippen LogP contribution in [0.4, 0.5) is 5.69 Å². The summed E-state index contributed by atoms with van der Waals surface area (Å²) in [5, 5.41) is 5.20. The van der Waals surface area contributed by atoms with Crippen LogP contribution >= 0.6 is 11.3 Å². The molecule has 0 spiro atoms. The van der Waals surface area contributed by atoms with Crippen LogP contribution in [-0.2, 0) is 0 Å². The van der Waals surface area contributed by atoms with E-state index >= 15 is 0 Å². The summed E-state index contributed by atoms with van der Waals surface area (Å²) in [7, 11) is 1.57. The molecule has 2 heterocycles. The molecule has 0 aliphatic carbocycles. The van der Waals surface area contributed by atoms with Crippen LogP contribution in [0.15, 0.2) is 46.4 Å². The van der Waals surface area contributed by atoms with Gasteiger partial charge in [-0.25, -0.2) is 4.98 Å². The minimum atomic E-state index is -0.280. The van der Waals surface area contributed by atoms with Crippen LogP contribution in [0.1, 0.15) is 16.1 Å². The van der Waals surface area contributed by atoms with Crippen molar-refractivity contribution in [2.24, 2.45) is 0 Å². The Morgan fingerprint density at radius 1 is 1.36 bits per heavy atom. The van der Waals surface area contributed by atoms with E-state index in [0.717, 1.165) is 5.56 Å². The van der Waals surface area contributed by atoms with E-state index in [4.69, 9.17) is 9.15 Å². The molecular weight excluding hydrogens is 300 g/mol. The fourth-order valence-electron chi connectivity index (χ4n) is 2.00. The van der Waals surface area contributed by atoms with E-state index in [1.165, 1.54) is 11.3 Å². The molecule has 3 rings (SSSR count). The van der Waals surface area contributed by atoms with Gasteiger partial charge in [0.1, 0.15) is 11.4 Å². The highest BCUT2D eigenvalue weighted by Crippen LogP contribution is 2.27. The highest BCUT2D eigenvalue weighted by molar-refractivity contribution is 7.13. The monoisotopic (exact) mass is 314 g/mol. The largest absolute Gasteiger partial charge is 0.495 e. The van der Waals surface area contributed by atoms with Gasteiger partial charge in [0.2, 0.25) is 0 Å². The number of methoxy groups -OCH3 is 1. The van der Waals surface area contributed by atoms with E-state index in [1.807, 2.05) is 31.2 Å². The molecule has 0 aliphatic rings. The molecule has 112 valence electrons. The third kappa shape index (κ3) is 2.87. The van der Waals surface area contributed by atoms with Crippen LogP contribution in [0, 0.1) is 6.92 Å². The number of nitrogens with one attached hydrogen (secondary N) is 1. The lowest BCUT2D eigenvalue weighted by Crippen LogP contribution is -2.13. The lowest BCUT2D eigenvalue weighted by Gasteiger charge is -2.10. The summed E-state index contributed by atoms with van der Waals surface area (Å²) >= 11 is 1.36. The molecule has 0 unspecified atom stereocenters. The Kier molecular flexibility index (Phi) is 3.93. The number of carbonyl (C=O) groups is 1. The van der Waals surface area contributed by atoms with Crippen LogP contribution in [-0.4, -0.2) is 18.0 Å². The summed E-state index contributed by atoms with van der Waals surface area (Å²) in [4.78, 5) is 16.6. The maximum absolute atomic E-state index is 12.3. The number of ether oxygens (including phenoxy) is 1. The predicted octanol–water partition coefficient (Wildman–Crippen LogP) is 3.97. The van der Waals surface area contributed by atoms with Gasteiger partial charge in [0.15, 0.2) is 10.8 Å². The first-order chi connectivity index (χ1) is 10.7. The molecule has 1 amide bonds. The standard InChI is InChI=1S/C16H14N2O3S/c1-10-5-6-13(20-2)11(8-10)17-15(19)12-9-22-16(18-12)14-4-3-7-21-14/h3-9H,1-2H3,(H,17,19). The molecular formula is C16H14N2O3S. The molecule has 0 saturated heterocycles. The van der Waals surface area contributed by atoms with Crippen LogP contribution in [0.5, 0.6) is 5.75 Å². The van der Waals surface area contributed by atoms with E-state index in [0.29, 0.717) is 27.9 Å². The molecule has 3 aromatic rings. The summed E-state index contributed by atoms with van der Waals surface area (Å²) in [6, 6.07) is 9.20. The van der Waals surface area contributed by atoms with Crippen molar-refractivity contribution in [3.8, 4) is 16.5 Å². The van der Waals surface area contributed by atoms with Crippen molar-refractivity contribution >= 4 is 22.9 Å². The van der Waals surface area contributed by atoms with Crippen molar-refractivity contribution in [1.82, 2.24) is 4.98 Å². The second-order valence-corrected chi connectivity index (χ2v) is 5.53. The molecule has 5 nitrogen and oxygen atoms in total. The van der Waals surface area contributed by atoms with E-state index in [9.17, 15) is 4.79 Å². The van der Waals surface area contributed by atoms with Crippen molar-refractivity contribution in [2.45, 2.75) is 6.92 Å². The number of benzene rings is 1. The number of furan rings is 1. The van der Waals surface area contributed by atoms with Gasteiger partial charge in [-0.2, -0.15) is 0 Å². The Morgan fingerprint density at radius 2 is 2.23 bits per heavy atom. The third-order valence-corrected chi connectivity index (χ3v) is 3.93. The number of aromatic nitrogens is 1. The highest BCUT2D eigenvalue weighted by atomic mass is 32.1. The molecule has 22 heavy (non-hydrogen) atoms. The van der Waals surface area contributed by atoms with Gasteiger partial charge in [-0.15, -0.1) is 11.3 Å². The zero-order chi connectivity index (χ0) is 15.5. The molecule has 0 radical (unpaired) electrons. The number of nitrogens with zero attached hydrogens (tertiary/aromatic N) is 1. The number of carbonyl (C=O) groups excluding carboxylic acids is 1. The third-order valence-electron chi connectivity index (χ3n) is 3.07. The van der Waals surface area contributed by atoms with Crippen LogP contribution in [0.2, 0.25) is 0 Å². The molecule has 0 aliphatic heterocycles. The van der Waals surface area contributed by atoms with Crippen molar-refractivity contribution < 1.29 is 13.9 Å². The van der Waals surface area contributed by atoms with Gasteiger partial charge in [0.05, 0.1) is 19.1 Å². The summed E-state index contributed by atoms with van der Waals surface area (Å²) < 4.78 is 10.5. The average Bonchev–Trinajstić information content (AvgIpc) is 3.18. The van der Waals surface area contributed by atoms with E-state index in [2.05, 4.69) is 10.3 Å². The average molecular weight is 314 g/mol. The van der Waals surface area contributed by atoms with Gasteiger partial charge in [0, 0.05) is 5.38 Å². The molecule has 1 aromatic carbocycles. The number of hydrogen-bond acceptors (Lipinski definition) is 5. The maximum Gasteiger partial charge on any atom is 0.275 e. The number of hydrogen-bond donors (Lipinski definition) is 1. The molecule has 2 aromatic heterocycles. The van der Waals surface area contributed by atoms with Crippen LogP contribution in [0.25, 0.3) is 10.8 Å². The second-order valence-electron chi connectivity index (χ2n) is 4.67. The summed E-state index contributed by atoms with van der Waals surface area (Å²) in [6.45, 7) is 1.95. The Bertz CT molecular complexity index is 794. The predicted molar refractivity (Wildman–Crippen MR) is 85.5 cm³/mol. The van der Waals surface area contributed by atoms with E-state index in [1.54, 1.807) is 24.8 Å². The first kappa shape index (κ1) is 14.3. The van der Waals surface area contributed by atoms with Crippen molar-refractivity contribution in [2.75, 3.05) is 12.4 Å². The zero-order valence-corrected chi connectivity index (χ0v) is 12.9. The zero-order valence-electron chi connectivity index (χ0n) is 12.1. The molecule has 0 saturated carbocycles. The van der Waals surface area contributed by atoms with Gasteiger partial charge < -0.3 is 14.5 Å². The normalized spacial score (nSPS) is 10.5. The Morgan fingerprint density at radius 3 is 2.95 bits per heavy atom. The minimum Gasteiger partial charge on any atom is -0.495 e. The number of anilines is 1. The second kappa shape index (κ2) is 6.03. The Hall–Kier alpha value is -2.60. The lowest BCUT2D eigenvalue weighted by atomic mass is 10.2. The number of aryl methyl sites for hydroxylation is 1. The maximum atomic E-state index is 12.3. The quantitative estimate of drug-likeness (QED) is 0.791. The Balaban J connectivity index is 1.82. The SMILES string of the molecule is COc1ccc(C)cc1NC(=O)c1csc(-c2ccco2)n1. The lowest BCUT2D eigenvalue weighted by molar-refractivity contribution is 0.102. The van der Waals surface area contributed by atoms with Gasteiger partial charge in [-0.3, -0.25) is 4.79 Å². The fourth-order valence-corrected chi connectivity index (χ4v) is 2.76. The van der Waals surface area contributed by atoms with Crippen LogP contribution in [0.3, 0.4) is 0 Å². The minimum absolute atomic E-state index is 0.280. The highest BCUT2D eigenvalue weighted by Gasteiger charge is 2.15. The van der Waals surface area contributed by atoms with E-state index < -0.39 is 0 Å². The first-order valence-corrected chi connectivity index (χ1v) is 7.51. The molecule has 1 N–H and O–H groups in total. The van der Waals surface area contributed by atoms with Crippen molar-refractivity contribution in [1.29, 1.82) is 0 Å². The van der Waals surface area contributed by atoms with Crippen molar-refractivity contribution in [3.63, 3.8) is 0 Å². The Labute approximate surface area is 131 Å². The van der Waals surface area contributed by atoms with Gasteiger partial charge >= 0.3 is 0 Å². The van der Waals surface area contributed by atoms with Gasteiger partial charge in [0.25, 0.3) is 5.91 Å². The topological polar surface area (TPSA) is 64.4 Å².